The topological polar surface area (TPSA) is 55.1 Å². The highest BCUT2D eigenvalue weighted by Gasteiger charge is 2.14. The molecule has 0 aliphatic rings. The zero-order valence-corrected chi connectivity index (χ0v) is 10.5. The second-order valence-electron chi connectivity index (χ2n) is 4.25. The highest BCUT2D eigenvalue weighted by molar-refractivity contribution is 5.76. The Morgan fingerprint density at radius 3 is 2.94 bits per heavy atom. The van der Waals surface area contributed by atoms with E-state index in [1.165, 1.54) is 0 Å². The lowest BCUT2D eigenvalue weighted by Gasteiger charge is -2.10. The van der Waals surface area contributed by atoms with Crippen LogP contribution in [0.25, 0.3) is 11.3 Å². The summed E-state index contributed by atoms with van der Waals surface area (Å²) < 4.78 is 2.03. The Balaban J connectivity index is 2.41. The second-order valence-corrected chi connectivity index (χ2v) is 4.25. The van der Waals surface area contributed by atoms with E-state index < -0.39 is 11.9 Å². The third kappa shape index (κ3) is 2.27. The Morgan fingerprint density at radius 1 is 1.50 bits per heavy atom. The van der Waals surface area contributed by atoms with Gasteiger partial charge in [-0.25, -0.2) is 4.98 Å². The van der Waals surface area contributed by atoms with Crippen LogP contribution in [0.5, 0.6) is 0 Å². The summed E-state index contributed by atoms with van der Waals surface area (Å²) in [5.74, 6) is -1.31. The van der Waals surface area contributed by atoms with Gasteiger partial charge in [-0.2, -0.15) is 0 Å². The number of hydrogen-bond acceptors (Lipinski definition) is 2. The molecule has 0 fully saturated rings. The lowest BCUT2D eigenvalue weighted by molar-refractivity contribution is -0.138. The van der Waals surface area contributed by atoms with E-state index in [1.807, 2.05) is 28.8 Å². The van der Waals surface area contributed by atoms with Crippen LogP contribution in [0, 0.1) is 0 Å². The molecule has 4 heteroatoms. The average molecular weight is 244 g/mol. The van der Waals surface area contributed by atoms with E-state index in [1.54, 1.807) is 19.4 Å². The molecule has 0 bridgehead atoms. The van der Waals surface area contributed by atoms with Crippen molar-refractivity contribution in [1.82, 2.24) is 9.55 Å². The largest absolute Gasteiger partial charge is 0.481 e. The molecule has 1 heterocycles. The summed E-state index contributed by atoms with van der Waals surface area (Å²) in [6.45, 7) is 4.58. The number of carboxylic acids is 1. The molecule has 0 radical (unpaired) electrons. The Morgan fingerprint density at radius 2 is 2.28 bits per heavy atom. The third-order valence-corrected chi connectivity index (χ3v) is 3.11. The quantitative estimate of drug-likeness (QED) is 0.899. The maximum Gasteiger partial charge on any atom is 0.310 e. The minimum Gasteiger partial charge on any atom is -0.481 e. The Bertz CT molecular complexity index is 560. The number of carboxylic acid groups (broad SMARTS) is 1. The fourth-order valence-corrected chi connectivity index (χ4v) is 1.92. The fourth-order valence-electron chi connectivity index (χ4n) is 1.92. The first-order valence-electron chi connectivity index (χ1n) is 5.96. The summed E-state index contributed by atoms with van der Waals surface area (Å²) in [6, 6.07) is 7.62. The monoisotopic (exact) mass is 244 g/mol. The molecule has 1 aromatic heterocycles. The third-order valence-electron chi connectivity index (χ3n) is 3.11. The standard InChI is InChI=1S/C14H16N2O2/c1-3-16-9-15-8-13(16)12-6-4-5-11(7-12)10(2)14(17)18/h4-10H,3H2,1-2H3,(H,17,18). The van der Waals surface area contributed by atoms with Gasteiger partial charge in [0.25, 0.3) is 0 Å². The van der Waals surface area contributed by atoms with Crippen molar-refractivity contribution < 1.29 is 9.90 Å². The average Bonchev–Trinajstić information content (AvgIpc) is 2.86. The molecule has 0 amide bonds. The van der Waals surface area contributed by atoms with Gasteiger partial charge >= 0.3 is 5.97 Å². The highest BCUT2D eigenvalue weighted by Crippen LogP contribution is 2.24. The first-order valence-corrected chi connectivity index (χ1v) is 5.96. The fraction of sp³-hybridized carbons (Fsp3) is 0.286. The minimum atomic E-state index is -0.809. The van der Waals surface area contributed by atoms with Crippen molar-refractivity contribution in [3.8, 4) is 11.3 Å². The summed E-state index contributed by atoms with van der Waals surface area (Å²) >= 11 is 0. The molecule has 1 atom stereocenters. The maximum absolute atomic E-state index is 11.0. The van der Waals surface area contributed by atoms with Crippen molar-refractivity contribution in [3.05, 3.63) is 42.4 Å². The van der Waals surface area contributed by atoms with E-state index >= 15 is 0 Å². The van der Waals surface area contributed by atoms with E-state index in [2.05, 4.69) is 11.9 Å². The molecule has 0 saturated carbocycles. The van der Waals surface area contributed by atoms with Gasteiger partial charge in [0.1, 0.15) is 0 Å². The number of aryl methyl sites for hydroxylation is 1. The molecule has 0 spiro atoms. The Labute approximate surface area is 106 Å². The van der Waals surface area contributed by atoms with Gasteiger partial charge in [0.05, 0.1) is 24.1 Å². The molecule has 0 saturated heterocycles. The van der Waals surface area contributed by atoms with Crippen LogP contribution >= 0.6 is 0 Å². The number of carbonyl (C=O) groups is 1. The molecular weight excluding hydrogens is 228 g/mol. The van der Waals surface area contributed by atoms with Crippen LogP contribution in [0.4, 0.5) is 0 Å². The molecule has 18 heavy (non-hydrogen) atoms. The second kappa shape index (κ2) is 5.04. The molecule has 1 aromatic carbocycles. The molecule has 2 rings (SSSR count). The molecule has 1 N–H and O–H groups in total. The minimum absolute atomic E-state index is 0.497. The van der Waals surface area contributed by atoms with Crippen molar-refractivity contribution in [3.63, 3.8) is 0 Å². The Hall–Kier alpha value is -2.10. The highest BCUT2D eigenvalue weighted by atomic mass is 16.4. The lowest BCUT2D eigenvalue weighted by atomic mass is 9.98. The molecule has 94 valence electrons. The van der Waals surface area contributed by atoms with Crippen LogP contribution < -0.4 is 0 Å². The normalized spacial score (nSPS) is 12.3. The van der Waals surface area contributed by atoms with Gasteiger partial charge in [0.15, 0.2) is 0 Å². The van der Waals surface area contributed by atoms with Crippen LogP contribution in [0.2, 0.25) is 0 Å². The molecular formula is C14H16N2O2. The van der Waals surface area contributed by atoms with Crippen LogP contribution in [-0.2, 0) is 11.3 Å². The first-order chi connectivity index (χ1) is 8.63. The predicted molar refractivity (Wildman–Crippen MR) is 69.4 cm³/mol. The van der Waals surface area contributed by atoms with E-state index in [0.717, 1.165) is 23.4 Å². The molecule has 0 aliphatic heterocycles. The number of nitrogens with zero attached hydrogens (tertiary/aromatic N) is 2. The molecule has 1 unspecified atom stereocenters. The van der Waals surface area contributed by atoms with E-state index in [0.29, 0.717) is 0 Å². The zero-order valence-electron chi connectivity index (χ0n) is 10.5. The maximum atomic E-state index is 11.0. The summed E-state index contributed by atoms with van der Waals surface area (Å²) in [5.41, 5.74) is 2.82. The van der Waals surface area contributed by atoms with Crippen molar-refractivity contribution in [2.75, 3.05) is 0 Å². The van der Waals surface area contributed by atoms with Crippen LogP contribution in [0.1, 0.15) is 25.3 Å². The van der Waals surface area contributed by atoms with E-state index in [9.17, 15) is 4.79 Å². The smallest absolute Gasteiger partial charge is 0.310 e. The van der Waals surface area contributed by atoms with Crippen LogP contribution in [0.3, 0.4) is 0 Å². The van der Waals surface area contributed by atoms with E-state index in [-0.39, 0.29) is 0 Å². The number of rotatable bonds is 4. The number of benzene rings is 1. The SMILES string of the molecule is CCn1cncc1-c1cccc(C(C)C(=O)O)c1. The number of hydrogen-bond donors (Lipinski definition) is 1. The van der Waals surface area contributed by atoms with Crippen LogP contribution in [0.15, 0.2) is 36.8 Å². The molecule has 2 aromatic rings. The van der Waals surface area contributed by atoms with Gasteiger partial charge in [0.2, 0.25) is 0 Å². The molecule has 4 nitrogen and oxygen atoms in total. The van der Waals surface area contributed by atoms with Gasteiger partial charge in [-0.15, -0.1) is 0 Å². The summed E-state index contributed by atoms with van der Waals surface area (Å²) in [4.78, 5) is 15.1. The summed E-state index contributed by atoms with van der Waals surface area (Å²) in [5, 5.41) is 9.04. The van der Waals surface area contributed by atoms with Crippen molar-refractivity contribution in [2.24, 2.45) is 0 Å². The van der Waals surface area contributed by atoms with Crippen molar-refractivity contribution >= 4 is 5.97 Å². The Kier molecular flexibility index (Phi) is 3.46. The number of imidazole rings is 1. The first kappa shape index (κ1) is 12.4. The van der Waals surface area contributed by atoms with Crippen LogP contribution in [-0.4, -0.2) is 20.6 Å². The number of aromatic nitrogens is 2. The van der Waals surface area contributed by atoms with Gasteiger partial charge in [0, 0.05) is 12.1 Å². The lowest BCUT2D eigenvalue weighted by Crippen LogP contribution is -2.07. The predicted octanol–water partition coefficient (Wildman–Crippen LogP) is 2.76. The zero-order chi connectivity index (χ0) is 13.1. The van der Waals surface area contributed by atoms with Gasteiger partial charge in [-0.05, 0) is 25.5 Å². The van der Waals surface area contributed by atoms with Gasteiger partial charge in [-0.3, -0.25) is 4.79 Å². The van der Waals surface area contributed by atoms with Crippen molar-refractivity contribution in [1.29, 1.82) is 0 Å². The summed E-state index contributed by atoms with van der Waals surface area (Å²) in [6.07, 6.45) is 3.58. The molecule has 0 aliphatic carbocycles. The van der Waals surface area contributed by atoms with Gasteiger partial charge in [-0.1, -0.05) is 18.2 Å². The number of aliphatic carboxylic acids is 1. The van der Waals surface area contributed by atoms with Crippen molar-refractivity contribution in [2.45, 2.75) is 26.3 Å². The van der Waals surface area contributed by atoms with Gasteiger partial charge < -0.3 is 9.67 Å². The summed E-state index contributed by atoms with van der Waals surface area (Å²) in [7, 11) is 0. The van der Waals surface area contributed by atoms with E-state index in [4.69, 9.17) is 5.11 Å².